The largest absolute Gasteiger partial charge is 0.392 e. The van der Waals surface area contributed by atoms with Crippen LogP contribution in [-0.2, 0) is 10.3 Å². The van der Waals surface area contributed by atoms with Gasteiger partial charge in [-0.2, -0.15) is 4.98 Å². The lowest BCUT2D eigenvalue weighted by molar-refractivity contribution is -0.0847. The molecule has 0 radical (unpaired) electrons. The molecule has 0 amide bonds. The Morgan fingerprint density at radius 1 is 1.43 bits per heavy atom. The molecule has 0 aromatic carbocycles. The fourth-order valence-corrected chi connectivity index (χ4v) is 3.40. The minimum absolute atomic E-state index is 0.0394. The first kappa shape index (κ1) is 14.9. The van der Waals surface area contributed by atoms with Crippen molar-refractivity contribution in [3.63, 3.8) is 0 Å². The van der Waals surface area contributed by atoms with Crippen LogP contribution in [0.25, 0.3) is 0 Å². The Balaban J connectivity index is 1.79. The highest BCUT2D eigenvalue weighted by Crippen LogP contribution is 2.41. The van der Waals surface area contributed by atoms with Crippen LogP contribution in [0.15, 0.2) is 4.52 Å². The summed E-state index contributed by atoms with van der Waals surface area (Å²) < 4.78 is 11.5. The van der Waals surface area contributed by atoms with Crippen LogP contribution in [0.1, 0.15) is 63.7 Å². The fourth-order valence-electron chi connectivity index (χ4n) is 3.40. The first-order chi connectivity index (χ1) is 10.1. The SMILES string of the molecule is CCOC1(c2noc([C@@H]3C[C@H](O)CN3)n2)CCC(C)CC1. The Bertz CT molecular complexity index is 468. The monoisotopic (exact) mass is 295 g/mol. The number of nitrogens with one attached hydrogen (secondary N) is 1. The highest BCUT2D eigenvalue weighted by molar-refractivity contribution is 5.06. The molecule has 6 nitrogen and oxygen atoms in total. The van der Waals surface area contributed by atoms with Crippen molar-refractivity contribution in [2.75, 3.05) is 13.2 Å². The van der Waals surface area contributed by atoms with Gasteiger partial charge in [0.05, 0.1) is 12.1 Å². The second-order valence-electron chi connectivity index (χ2n) is 6.42. The van der Waals surface area contributed by atoms with E-state index in [4.69, 9.17) is 9.26 Å². The van der Waals surface area contributed by atoms with E-state index in [-0.39, 0.29) is 17.7 Å². The number of aromatic nitrogens is 2. The third-order valence-corrected chi connectivity index (χ3v) is 4.76. The van der Waals surface area contributed by atoms with Crippen molar-refractivity contribution >= 4 is 0 Å². The molecule has 1 saturated heterocycles. The maximum atomic E-state index is 9.60. The maximum absolute atomic E-state index is 9.60. The number of β-amino-alcohol motifs (C(OH)–C–C–N with tert-alkyl or cyclic N) is 1. The van der Waals surface area contributed by atoms with Crippen LogP contribution < -0.4 is 5.32 Å². The summed E-state index contributed by atoms with van der Waals surface area (Å²) in [5, 5.41) is 17.0. The molecule has 2 atom stereocenters. The van der Waals surface area contributed by atoms with E-state index in [2.05, 4.69) is 22.4 Å². The molecule has 2 aliphatic rings. The highest BCUT2D eigenvalue weighted by Gasteiger charge is 2.41. The molecule has 0 spiro atoms. The lowest BCUT2D eigenvalue weighted by Gasteiger charge is -2.36. The van der Waals surface area contributed by atoms with Gasteiger partial charge in [-0.3, -0.25) is 0 Å². The summed E-state index contributed by atoms with van der Waals surface area (Å²) in [6.07, 6.45) is 4.44. The molecule has 3 rings (SSSR count). The number of rotatable bonds is 4. The predicted octanol–water partition coefficient (Wildman–Crippen LogP) is 1.91. The average molecular weight is 295 g/mol. The molecule has 0 unspecified atom stereocenters. The Morgan fingerprint density at radius 3 is 2.81 bits per heavy atom. The summed E-state index contributed by atoms with van der Waals surface area (Å²) in [5.74, 6) is 1.98. The van der Waals surface area contributed by atoms with Crippen LogP contribution in [0.4, 0.5) is 0 Å². The van der Waals surface area contributed by atoms with Crippen molar-refractivity contribution in [2.45, 2.75) is 63.7 Å². The van der Waals surface area contributed by atoms with Gasteiger partial charge in [-0.15, -0.1) is 0 Å². The van der Waals surface area contributed by atoms with Gasteiger partial charge < -0.3 is 19.7 Å². The van der Waals surface area contributed by atoms with Crippen LogP contribution in [0, 0.1) is 5.92 Å². The Labute approximate surface area is 125 Å². The number of nitrogens with zero attached hydrogens (tertiary/aromatic N) is 2. The molecule has 2 N–H and O–H groups in total. The van der Waals surface area contributed by atoms with Crippen LogP contribution in [0.5, 0.6) is 0 Å². The van der Waals surface area contributed by atoms with Crippen LogP contribution in [-0.4, -0.2) is 34.5 Å². The minimum Gasteiger partial charge on any atom is -0.392 e. The molecule has 1 aliphatic carbocycles. The quantitative estimate of drug-likeness (QED) is 0.883. The van der Waals surface area contributed by atoms with Gasteiger partial charge in [0.1, 0.15) is 5.60 Å². The van der Waals surface area contributed by atoms with E-state index in [0.717, 1.165) is 31.6 Å². The molecule has 2 fully saturated rings. The number of hydrogen-bond acceptors (Lipinski definition) is 6. The zero-order valence-corrected chi connectivity index (χ0v) is 12.8. The number of aliphatic hydroxyl groups is 1. The second-order valence-corrected chi connectivity index (χ2v) is 6.42. The number of hydrogen-bond donors (Lipinski definition) is 2. The third-order valence-electron chi connectivity index (χ3n) is 4.76. The summed E-state index contributed by atoms with van der Waals surface area (Å²) in [6, 6.07) is -0.0394. The van der Waals surface area contributed by atoms with Crippen LogP contribution in [0.3, 0.4) is 0 Å². The standard InChI is InChI=1S/C15H25N3O3/c1-3-20-15(6-4-10(2)5-7-15)14-17-13(21-18-14)12-8-11(19)9-16-12/h10-12,16,19H,3-9H2,1-2H3/t10?,11-,12-,15?/m0/s1. The summed E-state index contributed by atoms with van der Waals surface area (Å²) >= 11 is 0. The van der Waals surface area contributed by atoms with E-state index in [9.17, 15) is 5.11 Å². The zero-order chi connectivity index (χ0) is 14.9. The second kappa shape index (κ2) is 6.02. The molecule has 118 valence electrons. The molecule has 1 saturated carbocycles. The summed E-state index contributed by atoms with van der Waals surface area (Å²) in [4.78, 5) is 4.59. The number of aliphatic hydroxyl groups excluding tert-OH is 1. The summed E-state index contributed by atoms with van der Waals surface area (Å²) in [7, 11) is 0. The molecular formula is C15H25N3O3. The van der Waals surface area contributed by atoms with Crippen molar-refractivity contribution in [2.24, 2.45) is 5.92 Å². The van der Waals surface area contributed by atoms with Crippen molar-refractivity contribution in [3.05, 3.63) is 11.7 Å². The van der Waals surface area contributed by atoms with E-state index in [1.165, 1.54) is 0 Å². The highest BCUT2D eigenvalue weighted by atomic mass is 16.5. The third kappa shape index (κ3) is 2.98. The van der Waals surface area contributed by atoms with Gasteiger partial charge in [-0.25, -0.2) is 0 Å². The van der Waals surface area contributed by atoms with Gasteiger partial charge in [0.25, 0.3) is 0 Å². The number of ether oxygens (including phenoxy) is 1. The van der Waals surface area contributed by atoms with Crippen molar-refractivity contribution < 1.29 is 14.4 Å². The predicted molar refractivity (Wildman–Crippen MR) is 76.6 cm³/mol. The molecule has 2 heterocycles. The first-order valence-electron chi connectivity index (χ1n) is 8.02. The Morgan fingerprint density at radius 2 is 2.19 bits per heavy atom. The van der Waals surface area contributed by atoms with Gasteiger partial charge in [-0.05, 0) is 44.9 Å². The molecular weight excluding hydrogens is 270 g/mol. The smallest absolute Gasteiger partial charge is 0.243 e. The van der Waals surface area contributed by atoms with Gasteiger partial charge in [0.15, 0.2) is 0 Å². The Hall–Kier alpha value is -0.980. The van der Waals surface area contributed by atoms with Crippen molar-refractivity contribution in [3.8, 4) is 0 Å². The van der Waals surface area contributed by atoms with Gasteiger partial charge in [0, 0.05) is 13.2 Å². The first-order valence-corrected chi connectivity index (χ1v) is 8.02. The van der Waals surface area contributed by atoms with Gasteiger partial charge >= 0.3 is 0 Å². The van der Waals surface area contributed by atoms with Gasteiger partial charge in [0.2, 0.25) is 11.7 Å². The topological polar surface area (TPSA) is 80.4 Å². The lowest BCUT2D eigenvalue weighted by atomic mass is 9.79. The molecule has 1 aliphatic heterocycles. The van der Waals surface area contributed by atoms with E-state index in [0.29, 0.717) is 31.3 Å². The lowest BCUT2D eigenvalue weighted by Crippen LogP contribution is -2.35. The summed E-state index contributed by atoms with van der Waals surface area (Å²) in [6.45, 7) is 5.52. The molecule has 21 heavy (non-hydrogen) atoms. The summed E-state index contributed by atoms with van der Waals surface area (Å²) in [5.41, 5.74) is -0.389. The average Bonchev–Trinajstić information content (AvgIpc) is 3.11. The van der Waals surface area contributed by atoms with Crippen molar-refractivity contribution in [1.29, 1.82) is 0 Å². The van der Waals surface area contributed by atoms with E-state index < -0.39 is 0 Å². The molecule has 6 heteroatoms. The van der Waals surface area contributed by atoms with Crippen LogP contribution >= 0.6 is 0 Å². The molecule has 0 bridgehead atoms. The van der Waals surface area contributed by atoms with Crippen molar-refractivity contribution in [1.82, 2.24) is 15.5 Å². The van der Waals surface area contributed by atoms with Gasteiger partial charge in [-0.1, -0.05) is 12.1 Å². The van der Waals surface area contributed by atoms with E-state index in [1.54, 1.807) is 0 Å². The fraction of sp³-hybridized carbons (Fsp3) is 0.867. The zero-order valence-electron chi connectivity index (χ0n) is 12.8. The molecule has 1 aromatic rings. The molecule has 1 aromatic heterocycles. The Kier molecular flexibility index (Phi) is 4.28. The van der Waals surface area contributed by atoms with E-state index in [1.807, 2.05) is 6.92 Å². The minimum atomic E-state index is -0.389. The van der Waals surface area contributed by atoms with Crippen LogP contribution in [0.2, 0.25) is 0 Å². The normalized spacial score (nSPS) is 37.0. The maximum Gasteiger partial charge on any atom is 0.243 e. The van der Waals surface area contributed by atoms with E-state index >= 15 is 0 Å².